The Morgan fingerprint density at radius 3 is 1.68 bits per heavy atom. The number of aromatic nitrogens is 1. The molecule has 0 amide bonds. The quantitative estimate of drug-likeness (QED) is 0.164. The third kappa shape index (κ3) is 4.92. The van der Waals surface area contributed by atoms with Crippen LogP contribution in [0, 0.1) is 0 Å². The number of benzene rings is 9. The molecule has 1 aliphatic rings. The Labute approximate surface area is 342 Å². The van der Waals surface area contributed by atoms with Crippen molar-refractivity contribution in [2.45, 2.75) is 5.41 Å². The Morgan fingerprint density at radius 1 is 0.424 bits per heavy atom. The van der Waals surface area contributed by atoms with Crippen molar-refractivity contribution >= 4 is 60.7 Å². The first-order valence-corrected chi connectivity index (χ1v) is 20.2. The number of furan rings is 1. The number of anilines is 3. The lowest BCUT2D eigenvalue weighted by Crippen LogP contribution is -2.37. The predicted molar refractivity (Wildman–Crippen MR) is 244 cm³/mol. The second kappa shape index (κ2) is 13.2. The SMILES string of the molecule is c1ccc(-c2nc3ccccc3c3c2cc(-c2cccc(N4c5ccccc5C(c5ccccc5)(c5ccccc5)c5ccccc54)c2)c2oc4ccccc4c23)cc1. The number of nitrogens with zero attached hydrogens (tertiary/aromatic N) is 2. The second-order valence-corrected chi connectivity index (χ2v) is 15.4. The molecule has 0 unspecified atom stereocenters. The summed E-state index contributed by atoms with van der Waals surface area (Å²) in [5.41, 5.74) is 14.6. The molecule has 3 heterocycles. The molecular formula is C56H36N2O. The highest BCUT2D eigenvalue weighted by atomic mass is 16.3. The van der Waals surface area contributed by atoms with Crippen LogP contribution < -0.4 is 4.90 Å². The summed E-state index contributed by atoms with van der Waals surface area (Å²) in [6.07, 6.45) is 0. The zero-order chi connectivity index (χ0) is 38.9. The molecule has 11 aromatic rings. The van der Waals surface area contributed by atoms with Crippen LogP contribution in [0.15, 0.2) is 223 Å². The Balaban J connectivity index is 1.14. The Hall–Kier alpha value is -7.75. The molecule has 59 heavy (non-hydrogen) atoms. The minimum absolute atomic E-state index is 0.536. The van der Waals surface area contributed by atoms with Gasteiger partial charge in [0, 0.05) is 43.7 Å². The molecule has 3 nitrogen and oxygen atoms in total. The zero-order valence-electron chi connectivity index (χ0n) is 32.1. The molecule has 12 rings (SSSR count). The van der Waals surface area contributed by atoms with Crippen molar-refractivity contribution in [3.8, 4) is 22.4 Å². The molecule has 1 aliphatic heterocycles. The van der Waals surface area contributed by atoms with Gasteiger partial charge in [-0.05, 0) is 70.3 Å². The lowest BCUT2D eigenvalue weighted by molar-refractivity contribution is 0.670. The van der Waals surface area contributed by atoms with E-state index in [0.717, 1.165) is 83.1 Å². The molecular weight excluding hydrogens is 717 g/mol. The molecule has 0 aliphatic carbocycles. The van der Waals surface area contributed by atoms with Crippen LogP contribution in [0.4, 0.5) is 17.1 Å². The largest absolute Gasteiger partial charge is 0.455 e. The minimum Gasteiger partial charge on any atom is -0.455 e. The van der Waals surface area contributed by atoms with Crippen LogP contribution in [0.2, 0.25) is 0 Å². The average molecular weight is 753 g/mol. The van der Waals surface area contributed by atoms with Gasteiger partial charge in [0.15, 0.2) is 0 Å². The Morgan fingerprint density at radius 2 is 0.983 bits per heavy atom. The molecule has 0 bridgehead atoms. The van der Waals surface area contributed by atoms with E-state index in [1.54, 1.807) is 0 Å². The van der Waals surface area contributed by atoms with E-state index in [1.807, 2.05) is 0 Å². The third-order valence-electron chi connectivity index (χ3n) is 12.3. The summed E-state index contributed by atoms with van der Waals surface area (Å²) in [4.78, 5) is 7.79. The highest BCUT2D eigenvalue weighted by Gasteiger charge is 2.46. The number of para-hydroxylation sites is 4. The van der Waals surface area contributed by atoms with Gasteiger partial charge in [-0.3, -0.25) is 0 Å². The van der Waals surface area contributed by atoms with Gasteiger partial charge in [-0.2, -0.15) is 0 Å². The predicted octanol–water partition coefficient (Wildman–Crippen LogP) is 14.8. The summed E-state index contributed by atoms with van der Waals surface area (Å²) in [5.74, 6) is 0. The molecule has 2 aromatic heterocycles. The first kappa shape index (κ1) is 33.4. The van der Waals surface area contributed by atoms with E-state index in [1.165, 1.54) is 22.3 Å². The number of hydrogen-bond acceptors (Lipinski definition) is 3. The van der Waals surface area contributed by atoms with Crippen LogP contribution in [0.1, 0.15) is 22.3 Å². The van der Waals surface area contributed by atoms with Crippen molar-refractivity contribution in [2.75, 3.05) is 4.90 Å². The van der Waals surface area contributed by atoms with E-state index in [9.17, 15) is 0 Å². The molecule has 0 saturated heterocycles. The molecule has 0 spiro atoms. The summed E-state index contributed by atoms with van der Waals surface area (Å²) in [7, 11) is 0. The maximum atomic E-state index is 6.93. The maximum absolute atomic E-state index is 6.93. The van der Waals surface area contributed by atoms with Crippen molar-refractivity contribution < 1.29 is 4.42 Å². The first-order chi connectivity index (χ1) is 29.3. The van der Waals surface area contributed by atoms with Gasteiger partial charge >= 0.3 is 0 Å². The molecule has 9 aromatic carbocycles. The van der Waals surface area contributed by atoms with Crippen LogP contribution in [0.3, 0.4) is 0 Å². The maximum Gasteiger partial charge on any atom is 0.143 e. The van der Waals surface area contributed by atoms with Gasteiger partial charge in [0.2, 0.25) is 0 Å². The molecule has 0 saturated carbocycles. The van der Waals surface area contributed by atoms with Crippen molar-refractivity contribution in [1.82, 2.24) is 4.98 Å². The lowest BCUT2D eigenvalue weighted by Gasteiger charge is -2.46. The fraction of sp³-hybridized carbons (Fsp3) is 0.0179. The third-order valence-corrected chi connectivity index (χ3v) is 12.3. The van der Waals surface area contributed by atoms with Crippen molar-refractivity contribution in [3.05, 3.63) is 241 Å². The number of fused-ring (bicyclic) bond motifs is 9. The summed E-state index contributed by atoms with van der Waals surface area (Å²) in [6, 6.07) is 78.5. The molecule has 0 fully saturated rings. The van der Waals surface area contributed by atoms with E-state index in [0.29, 0.717) is 0 Å². The Kier molecular flexibility index (Phi) is 7.45. The minimum atomic E-state index is -0.536. The van der Waals surface area contributed by atoms with Crippen LogP contribution in [-0.2, 0) is 5.41 Å². The summed E-state index contributed by atoms with van der Waals surface area (Å²) < 4.78 is 6.93. The van der Waals surface area contributed by atoms with E-state index in [-0.39, 0.29) is 0 Å². The number of pyridine rings is 1. The molecule has 276 valence electrons. The molecule has 0 radical (unpaired) electrons. The zero-order valence-corrected chi connectivity index (χ0v) is 32.1. The van der Waals surface area contributed by atoms with Gasteiger partial charge in [0.25, 0.3) is 0 Å². The summed E-state index contributed by atoms with van der Waals surface area (Å²) >= 11 is 0. The van der Waals surface area contributed by atoms with Crippen LogP contribution >= 0.6 is 0 Å². The van der Waals surface area contributed by atoms with E-state index < -0.39 is 5.41 Å². The fourth-order valence-electron chi connectivity index (χ4n) is 9.86. The van der Waals surface area contributed by atoms with Gasteiger partial charge in [-0.25, -0.2) is 4.98 Å². The lowest BCUT2D eigenvalue weighted by atomic mass is 9.62. The average Bonchev–Trinajstić information content (AvgIpc) is 3.71. The van der Waals surface area contributed by atoms with Crippen LogP contribution in [0.5, 0.6) is 0 Å². The van der Waals surface area contributed by atoms with Crippen molar-refractivity contribution in [3.63, 3.8) is 0 Å². The highest BCUT2D eigenvalue weighted by Crippen LogP contribution is 2.58. The summed E-state index contributed by atoms with van der Waals surface area (Å²) in [5, 5.41) is 5.57. The number of rotatable bonds is 5. The number of hydrogen-bond donors (Lipinski definition) is 0. The van der Waals surface area contributed by atoms with Gasteiger partial charge in [-0.1, -0.05) is 176 Å². The molecule has 0 atom stereocenters. The standard InChI is InChI=1S/C56H36N2O/c1-4-19-37(20-5-1)54-45-36-44(55-53(43-28-11-17-34-51(43)59-55)52(45)42-27-10-14-31-48(42)57-54)38-21-18-26-41(35-38)58-49-32-15-12-29-46(49)56(39-22-6-2-7-23-39,40-24-8-3-9-25-40)47-30-13-16-33-50(47)58/h1-36H. The smallest absolute Gasteiger partial charge is 0.143 e. The highest BCUT2D eigenvalue weighted by molar-refractivity contribution is 6.30. The molecule has 3 heteroatoms. The van der Waals surface area contributed by atoms with Gasteiger partial charge in [-0.15, -0.1) is 0 Å². The van der Waals surface area contributed by atoms with Crippen LogP contribution in [0.25, 0.3) is 66.0 Å². The van der Waals surface area contributed by atoms with Crippen molar-refractivity contribution in [1.29, 1.82) is 0 Å². The topological polar surface area (TPSA) is 29.3 Å². The molecule has 0 N–H and O–H groups in total. The Bertz CT molecular complexity index is 3300. The van der Waals surface area contributed by atoms with E-state index >= 15 is 0 Å². The normalized spacial score (nSPS) is 13.2. The van der Waals surface area contributed by atoms with Gasteiger partial charge in [0.1, 0.15) is 11.2 Å². The van der Waals surface area contributed by atoms with Gasteiger partial charge < -0.3 is 9.32 Å². The van der Waals surface area contributed by atoms with Crippen LogP contribution in [-0.4, -0.2) is 4.98 Å². The van der Waals surface area contributed by atoms with E-state index in [4.69, 9.17) is 9.40 Å². The summed E-state index contributed by atoms with van der Waals surface area (Å²) in [6.45, 7) is 0. The monoisotopic (exact) mass is 752 g/mol. The van der Waals surface area contributed by atoms with E-state index in [2.05, 4.69) is 223 Å². The first-order valence-electron chi connectivity index (χ1n) is 20.2. The van der Waals surface area contributed by atoms with Crippen molar-refractivity contribution in [2.24, 2.45) is 0 Å². The fourth-order valence-corrected chi connectivity index (χ4v) is 9.86. The second-order valence-electron chi connectivity index (χ2n) is 15.4. The van der Waals surface area contributed by atoms with Gasteiger partial charge in [0.05, 0.1) is 28.0 Å².